The number of benzene rings is 1. The number of rotatable bonds is 4. The van der Waals surface area contributed by atoms with E-state index in [1.54, 1.807) is 0 Å². The standard InChI is InChI=1S/C16H21N3O2S/c1-10-6-7-12(8-11(10)2)14-18-19-15(21-14)22-9-13(20)17-16(3,4)5/h6-8H,9H2,1-5H3,(H,17,20). The maximum absolute atomic E-state index is 11.8. The monoisotopic (exact) mass is 319 g/mol. The third kappa shape index (κ3) is 4.59. The Hall–Kier alpha value is -1.82. The highest BCUT2D eigenvalue weighted by molar-refractivity contribution is 7.99. The molecule has 6 heteroatoms. The van der Waals surface area contributed by atoms with Gasteiger partial charge in [-0.1, -0.05) is 17.8 Å². The number of hydrogen-bond donors (Lipinski definition) is 1. The van der Waals surface area contributed by atoms with Gasteiger partial charge in [0.2, 0.25) is 11.8 Å². The van der Waals surface area contributed by atoms with E-state index >= 15 is 0 Å². The number of carbonyl (C=O) groups excluding carboxylic acids is 1. The quantitative estimate of drug-likeness (QED) is 0.875. The van der Waals surface area contributed by atoms with E-state index in [0.717, 1.165) is 5.56 Å². The summed E-state index contributed by atoms with van der Waals surface area (Å²) < 4.78 is 5.61. The lowest BCUT2D eigenvalue weighted by Crippen LogP contribution is -2.41. The number of aromatic nitrogens is 2. The maximum Gasteiger partial charge on any atom is 0.277 e. The van der Waals surface area contributed by atoms with Gasteiger partial charge in [-0.05, 0) is 57.9 Å². The number of carbonyl (C=O) groups is 1. The molecule has 0 aliphatic rings. The number of thioether (sulfide) groups is 1. The Labute approximate surface area is 134 Å². The van der Waals surface area contributed by atoms with Crippen LogP contribution < -0.4 is 5.32 Å². The Bertz CT molecular complexity index is 674. The average molecular weight is 319 g/mol. The highest BCUT2D eigenvalue weighted by atomic mass is 32.2. The minimum absolute atomic E-state index is 0.0524. The van der Waals surface area contributed by atoms with Crippen molar-refractivity contribution in [3.05, 3.63) is 29.3 Å². The number of hydrogen-bond acceptors (Lipinski definition) is 5. The van der Waals surface area contributed by atoms with Gasteiger partial charge in [0.1, 0.15) is 0 Å². The van der Waals surface area contributed by atoms with Crippen LogP contribution >= 0.6 is 11.8 Å². The Kier molecular flexibility index (Phi) is 4.90. The van der Waals surface area contributed by atoms with Crippen molar-refractivity contribution >= 4 is 17.7 Å². The van der Waals surface area contributed by atoms with E-state index in [-0.39, 0.29) is 17.2 Å². The molecule has 1 heterocycles. The first-order chi connectivity index (χ1) is 10.2. The molecule has 118 valence electrons. The molecular formula is C16H21N3O2S. The van der Waals surface area contributed by atoms with E-state index in [9.17, 15) is 4.79 Å². The second-order valence-electron chi connectivity index (χ2n) is 6.26. The van der Waals surface area contributed by atoms with Crippen molar-refractivity contribution in [2.45, 2.75) is 45.4 Å². The van der Waals surface area contributed by atoms with Gasteiger partial charge in [-0.25, -0.2) is 0 Å². The zero-order chi connectivity index (χ0) is 16.3. The van der Waals surface area contributed by atoms with Crippen LogP contribution in [0.3, 0.4) is 0 Å². The summed E-state index contributed by atoms with van der Waals surface area (Å²) in [7, 11) is 0. The van der Waals surface area contributed by atoms with Gasteiger partial charge in [0, 0.05) is 11.1 Å². The molecule has 0 bridgehead atoms. The van der Waals surface area contributed by atoms with Crippen LogP contribution in [0.25, 0.3) is 11.5 Å². The van der Waals surface area contributed by atoms with Gasteiger partial charge in [-0.3, -0.25) is 4.79 Å². The molecule has 0 unspecified atom stereocenters. The van der Waals surface area contributed by atoms with Crippen LogP contribution in [-0.2, 0) is 4.79 Å². The fourth-order valence-electron chi connectivity index (χ4n) is 1.84. The minimum atomic E-state index is -0.239. The van der Waals surface area contributed by atoms with Crippen LogP contribution in [0.4, 0.5) is 0 Å². The van der Waals surface area contributed by atoms with E-state index in [1.807, 2.05) is 45.9 Å². The van der Waals surface area contributed by atoms with Crippen LogP contribution in [0.15, 0.2) is 27.8 Å². The summed E-state index contributed by atoms with van der Waals surface area (Å²) in [5.74, 6) is 0.677. The maximum atomic E-state index is 11.8. The Balaban J connectivity index is 1.99. The first-order valence-corrected chi connectivity index (χ1v) is 8.08. The molecule has 0 spiro atoms. The van der Waals surface area contributed by atoms with E-state index in [1.165, 1.54) is 22.9 Å². The lowest BCUT2D eigenvalue weighted by atomic mass is 10.1. The van der Waals surface area contributed by atoms with Crippen molar-refractivity contribution in [3.8, 4) is 11.5 Å². The molecule has 5 nitrogen and oxygen atoms in total. The first-order valence-electron chi connectivity index (χ1n) is 7.09. The number of aryl methyl sites for hydroxylation is 2. The second kappa shape index (κ2) is 6.52. The summed E-state index contributed by atoms with van der Waals surface area (Å²) in [6.07, 6.45) is 0. The minimum Gasteiger partial charge on any atom is -0.411 e. The van der Waals surface area contributed by atoms with Crippen molar-refractivity contribution in [2.75, 3.05) is 5.75 Å². The number of amides is 1. The summed E-state index contributed by atoms with van der Waals surface area (Å²) in [4.78, 5) is 11.8. The molecule has 1 aromatic heterocycles. The van der Waals surface area contributed by atoms with Gasteiger partial charge in [0.05, 0.1) is 5.75 Å². The third-order valence-electron chi connectivity index (χ3n) is 3.00. The van der Waals surface area contributed by atoms with Crippen LogP contribution in [0, 0.1) is 13.8 Å². The van der Waals surface area contributed by atoms with E-state index in [4.69, 9.17) is 4.42 Å². The van der Waals surface area contributed by atoms with Crippen LogP contribution in [-0.4, -0.2) is 27.4 Å². The molecule has 1 amide bonds. The molecule has 0 aliphatic heterocycles. The van der Waals surface area contributed by atoms with Gasteiger partial charge in [-0.2, -0.15) is 0 Å². The van der Waals surface area contributed by atoms with Crippen molar-refractivity contribution in [3.63, 3.8) is 0 Å². The summed E-state index contributed by atoms with van der Waals surface area (Å²) >= 11 is 1.24. The van der Waals surface area contributed by atoms with Gasteiger partial charge in [-0.15, -0.1) is 10.2 Å². The Morgan fingerprint density at radius 1 is 1.23 bits per heavy atom. The van der Waals surface area contributed by atoms with Gasteiger partial charge in [0.25, 0.3) is 5.22 Å². The largest absolute Gasteiger partial charge is 0.411 e. The van der Waals surface area contributed by atoms with Gasteiger partial charge in [0.15, 0.2) is 0 Å². The molecule has 0 atom stereocenters. The van der Waals surface area contributed by atoms with Crippen LogP contribution in [0.5, 0.6) is 0 Å². The molecule has 0 radical (unpaired) electrons. The topological polar surface area (TPSA) is 68.0 Å². The fraction of sp³-hybridized carbons (Fsp3) is 0.438. The molecule has 0 saturated carbocycles. The van der Waals surface area contributed by atoms with E-state index in [2.05, 4.69) is 22.4 Å². The first kappa shape index (κ1) is 16.5. The van der Waals surface area contributed by atoms with Crippen molar-refractivity contribution in [2.24, 2.45) is 0 Å². The predicted octanol–water partition coefficient (Wildman–Crippen LogP) is 3.36. The number of nitrogens with zero attached hydrogens (tertiary/aromatic N) is 2. The zero-order valence-corrected chi connectivity index (χ0v) is 14.4. The van der Waals surface area contributed by atoms with Crippen molar-refractivity contribution in [1.29, 1.82) is 0 Å². The third-order valence-corrected chi connectivity index (χ3v) is 3.82. The van der Waals surface area contributed by atoms with Crippen LogP contribution in [0.2, 0.25) is 0 Å². The second-order valence-corrected chi connectivity index (χ2v) is 7.19. The summed E-state index contributed by atoms with van der Waals surface area (Å²) in [6.45, 7) is 9.93. The van der Waals surface area contributed by atoms with Crippen molar-refractivity contribution < 1.29 is 9.21 Å². The van der Waals surface area contributed by atoms with Gasteiger partial charge >= 0.3 is 0 Å². The molecule has 0 saturated heterocycles. The SMILES string of the molecule is Cc1ccc(-c2nnc(SCC(=O)NC(C)(C)C)o2)cc1C. The molecule has 2 aromatic rings. The number of nitrogens with one attached hydrogen (secondary N) is 1. The molecule has 0 aliphatic carbocycles. The highest BCUT2D eigenvalue weighted by Crippen LogP contribution is 2.24. The predicted molar refractivity (Wildman–Crippen MR) is 87.8 cm³/mol. The molecule has 2 rings (SSSR count). The molecule has 0 fully saturated rings. The molecule has 22 heavy (non-hydrogen) atoms. The van der Waals surface area contributed by atoms with E-state index < -0.39 is 0 Å². The fourth-order valence-corrected chi connectivity index (χ4v) is 2.40. The lowest BCUT2D eigenvalue weighted by Gasteiger charge is -2.19. The summed E-state index contributed by atoms with van der Waals surface area (Å²) in [5.41, 5.74) is 3.05. The Morgan fingerprint density at radius 2 is 1.95 bits per heavy atom. The summed E-state index contributed by atoms with van der Waals surface area (Å²) in [6, 6.07) is 6.00. The molecule has 1 N–H and O–H groups in total. The highest BCUT2D eigenvalue weighted by Gasteiger charge is 2.16. The van der Waals surface area contributed by atoms with Gasteiger partial charge < -0.3 is 9.73 Å². The van der Waals surface area contributed by atoms with Crippen molar-refractivity contribution in [1.82, 2.24) is 15.5 Å². The normalized spacial score (nSPS) is 11.5. The van der Waals surface area contributed by atoms with E-state index in [0.29, 0.717) is 11.1 Å². The average Bonchev–Trinajstić information content (AvgIpc) is 2.86. The smallest absolute Gasteiger partial charge is 0.277 e. The zero-order valence-electron chi connectivity index (χ0n) is 13.6. The molecular weight excluding hydrogens is 298 g/mol. The summed E-state index contributed by atoms with van der Waals surface area (Å²) in [5, 5.41) is 11.3. The molecule has 1 aromatic carbocycles. The Morgan fingerprint density at radius 3 is 2.59 bits per heavy atom. The lowest BCUT2D eigenvalue weighted by molar-refractivity contribution is -0.119. The van der Waals surface area contributed by atoms with Crippen LogP contribution in [0.1, 0.15) is 31.9 Å².